The van der Waals surface area contributed by atoms with Crippen LogP contribution in [0.4, 0.5) is 4.79 Å². The third-order valence-corrected chi connectivity index (χ3v) is 3.59. The van der Waals surface area contributed by atoms with Gasteiger partial charge in [0.2, 0.25) is 0 Å². The van der Waals surface area contributed by atoms with Crippen LogP contribution in [-0.2, 0) is 7.05 Å². The van der Waals surface area contributed by atoms with E-state index in [2.05, 4.69) is 9.97 Å². The van der Waals surface area contributed by atoms with Gasteiger partial charge in [-0.2, -0.15) is 0 Å². The summed E-state index contributed by atoms with van der Waals surface area (Å²) in [4.78, 5) is 30.3. The number of amidine groups is 1. The molecule has 2 heterocycles. The molecule has 0 saturated heterocycles. The van der Waals surface area contributed by atoms with E-state index < -0.39 is 11.8 Å². The summed E-state index contributed by atoms with van der Waals surface area (Å²) in [6.07, 6.45) is 0.111. The molecule has 0 atom stereocenters. The van der Waals surface area contributed by atoms with Gasteiger partial charge in [0.1, 0.15) is 12.0 Å². The quantitative estimate of drug-likeness (QED) is 0.404. The van der Waals surface area contributed by atoms with E-state index in [9.17, 15) is 9.59 Å². The van der Waals surface area contributed by atoms with Crippen LogP contribution in [0.5, 0.6) is 0 Å². The number of fused-ring (bicyclic) bond motifs is 1. The number of benzene rings is 1. The number of hydrogen-bond acceptors (Lipinski definition) is 6. The van der Waals surface area contributed by atoms with Gasteiger partial charge >= 0.3 is 11.8 Å². The van der Waals surface area contributed by atoms with E-state index in [1.165, 1.54) is 17.0 Å². The Kier molecular flexibility index (Phi) is 3.78. The van der Waals surface area contributed by atoms with Crippen molar-refractivity contribution in [2.24, 2.45) is 7.05 Å². The van der Waals surface area contributed by atoms with Crippen molar-refractivity contribution in [3.05, 3.63) is 45.8 Å². The Hall–Kier alpha value is -3.20. The molecule has 1 amide bonds. The van der Waals surface area contributed by atoms with Crippen LogP contribution in [0, 0.1) is 5.41 Å². The summed E-state index contributed by atoms with van der Waals surface area (Å²) in [6, 6.07) is 4.71. The molecule has 3 rings (SSSR count). The second-order valence-corrected chi connectivity index (χ2v) is 5.26. The molecule has 0 saturated carbocycles. The molecule has 0 aliphatic heterocycles. The first-order valence-electron chi connectivity index (χ1n) is 6.60. The van der Waals surface area contributed by atoms with Crippen LogP contribution in [0.25, 0.3) is 22.4 Å². The molecular formula is C14H11ClN5O4+. The Labute approximate surface area is 139 Å². The maximum absolute atomic E-state index is 11.6. The first-order valence-corrected chi connectivity index (χ1v) is 6.97. The van der Waals surface area contributed by atoms with E-state index in [-0.39, 0.29) is 22.1 Å². The van der Waals surface area contributed by atoms with E-state index in [4.69, 9.17) is 26.5 Å². The Bertz CT molecular complexity index is 1040. The van der Waals surface area contributed by atoms with Crippen LogP contribution in [-0.4, -0.2) is 31.6 Å². The Morgan fingerprint density at radius 2 is 2.12 bits per heavy atom. The van der Waals surface area contributed by atoms with Crippen molar-refractivity contribution in [1.29, 1.82) is 5.41 Å². The van der Waals surface area contributed by atoms with Crippen LogP contribution in [0.15, 0.2) is 33.7 Å². The minimum Gasteiger partial charge on any atom is -0.547 e. The maximum Gasteiger partial charge on any atom is 0.632 e. The van der Waals surface area contributed by atoms with Crippen molar-refractivity contribution in [2.45, 2.75) is 0 Å². The van der Waals surface area contributed by atoms with Crippen molar-refractivity contribution in [3.63, 3.8) is 0 Å². The van der Waals surface area contributed by atoms with Crippen LogP contribution >= 0.6 is 11.6 Å². The van der Waals surface area contributed by atoms with E-state index in [1.54, 1.807) is 19.2 Å². The van der Waals surface area contributed by atoms with E-state index in [1.807, 2.05) is 5.32 Å². The van der Waals surface area contributed by atoms with Crippen LogP contribution < -0.4 is 11.1 Å². The summed E-state index contributed by atoms with van der Waals surface area (Å²) in [6.45, 7) is 0. The van der Waals surface area contributed by atoms with Crippen LogP contribution in [0.1, 0.15) is 5.69 Å². The highest BCUT2D eigenvalue weighted by Gasteiger charge is 2.15. The lowest BCUT2D eigenvalue weighted by atomic mass is 10.1. The highest BCUT2D eigenvalue weighted by atomic mass is 35.5. The van der Waals surface area contributed by atoms with Crippen molar-refractivity contribution >= 4 is 34.6 Å². The molecule has 0 aliphatic carbocycles. The van der Waals surface area contributed by atoms with Gasteiger partial charge in [-0.05, 0) is 18.2 Å². The predicted molar refractivity (Wildman–Crippen MR) is 86.5 cm³/mol. The molecule has 4 N–H and O–H groups in total. The van der Waals surface area contributed by atoms with E-state index in [0.717, 1.165) is 0 Å². The number of carbonyl (C=O) groups is 1. The van der Waals surface area contributed by atoms with Crippen molar-refractivity contribution in [2.75, 3.05) is 0 Å². The average Bonchev–Trinajstić information content (AvgIpc) is 2.83. The van der Waals surface area contributed by atoms with Gasteiger partial charge in [-0.1, -0.05) is 11.6 Å². The molecule has 10 heteroatoms. The lowest BCUT2D eigenvalue weighted by Crippen LogP contribution is -2.29. The van der Waals surface area contributed by atoms with Crippen LogP contribution in [0.3, 0.4) is 0 Å². The summed E-state index contributed by atoms with van der Waals surface area (Å²) < 4.78 is 6.38. The zero-order valence-corrected chi connectivity index (χ0v) is 13.0. The molecule has 3 aromatic rings. The first-order chi connectivity index (χ1) is 11.4. The number of oxazole rings is 1. The van der Waals surface area contributed by atoms with Crippen molar-refractivity contribution < 1.29 is 14.3 Å². The second kappa shape index (κ2) is 5.78. The molecular weight excluding hydrogens is 338 g/mol. The largest absolute Gasteiger partial charge is 0.632 e. The number of nitrogens with zero attached hydrogens (tertiary/aromatic N) is 3. The molecule has 2 aromatic heterocycles. The molecule has 0 fully saturated rings. The number of carbonyl (C=O) groups excluding carboxylic acids is 1. The van der Waals surface area contributed by atoms with E-state index >= 15 is 0 Å². The SMILES string of the molecule is Cn1c(=O)oc2c(Cl)cc(-c3cc(C(=N)NC(=O)[OH2+])ncn3)cc21. The predicted octanol–water partition coefficient (Wildman–Crippen LogP) is 1.00. The Balaban J connectivity index is 2.11. The highest BCUT2D eigenvalue weighted by Crippen LogP contribution is 2.29. The molecule has 0 bridgehead atoms. The Morgan fingerprint density at radius 3 is 2.83 bits per heavy atom. The third-order valence-electron chi connectivity index (χ3n) is 3.31. The number of rotatable bonds is 2. The van der Waals surface area contributed by atoms with Crippen molar-refractivity contribution in [1.82, 2.24) is 19.9 Å². The zero-order valence-electron chi connectivity index (χ0n) is 12.3. The standard InChI is InChI=1S/C14H10ClN5O4/c1-20-10-3-6(2-7(15)11(10)24-14(20)23)8-4-9(18-5-17-8)12(16)19-13(21)22/h2-5H,1H3,(H2,16,19)(H,21,22)/p+1. The fraction of sp³-hybridized carbons (Fsp3) is 0.0714. The smallest absolute Gasteiger partial charge is 0.547 e. The fourth-order valence-corrected chi connectivity index (χ4v) is 2.41. The number of halogens is 1. The molecule has 1 aromatic carbocycles. The number of hydrogen-bond donors (Lipinski definition) is 2. The first kappa shape index (κ1) is 15.7. The van der Waals surface area contributed by atoms with Gasteiger partial charge in [0.05, 0.1) is 21.0 Å². The topological polar surface area (TPSA) is 137 Å². The number of aromatic nitrogens is 3. The number of nitrogens with one attached hydrogen (secondary N) is 2. The summed E-state index contributed by atoms with van der Waals surface area (Å²) >= 11 is 6.16. The number of amides is 1. The normalized spacial score (nSPS) is 10.8. The van der Waals surface area contributed by atoms with Gasteiger partial charge < -0.3 is 9.52 Å². The molecule has 24 heavy (non-hydrogen) atoms. The molecule has 0 spiro atoms. The minimum absolute atomic E-state index is 0.137. The molecule has 0 radical (unpaired) electrons. The summed E-state index contributed by atoms with van der Waals surface area (Å²) in [5.41, 5.74) is 1.92. The fourth-order valence-electron chi connectivity index (χ4n) is 2.16. The maximum atomic E-state index is 11.6. The monoisotopic (exact) mass is 348 g/mol. The third kappa shape index (κ3) is 2.72. The summed E-state index contributed by atoms with van der Waals surface area (Å²) in [5.74, 6) is -0.853. The highest BCUT2D eigenvalue weighted by molar-refractivity contribution is 6.35. The van der Waals surface area contributed by atoms with Gasteiger partial charge in [-0.3, -0.25) is 9.98 Å². The summed E-state index contributed by atoms with van der Waals surface area (Å²) in [7, 11) is 1.55. The van der Waals surface area contributed by atoms with Gasteiger partial charge in [0.25, 0.3) is 0 Å². The summed E-state index contributed by atoms with van der Waals surface area (Å²) in [5, 5.41) is 16.8. The van der Waals surface area contributed by atoms with Crippen LogP contribution in [0.2, 0.25) is 5.02 Å². The average molecular weight is 349 g/mol. The molecule has 0 aliphatic rings. The van der Waals surface area contributed by atoms with Gasteiger partial charge in [-0.25, -0.2) is 20.1 Å². The van der Waals surface area contributed by atoms with Gasteiger partial charge in [-0.15, -0.1) is 0 Å². The van der Waals surface area contributed by atoms with E-state index in [0.29, 0.717) is 16.8 Å². The molecule has 0 unspecified atom stereocenters. The Morgan fingerprint density at radius 1 is 1.38 bits per heavy atom. The van der Waals surface area contributed by atoms with Gasteiger partial charge in [0, 0.05) is 12.6 Å². The molecule has 122 valence electrons. The zero-order chi connectivity index (χ0) is 17.4. The van der Waals surface area contributed by atoms with Crippen molar-refractivity contribution in [3.8, 4) is 11.3 Å². The molecule has 9 nitrogen and oxygen atoms in total. The lowest BCUT2D eigenvalue weighted by Gasteiger charge is -2.05. The lowest BCUT2D eigenvalue weighted by molar-refractivity contribution is 0.200. The number of aryl methyl sites for hydroxylation is 1. The van der Waals surface area contributed by atoms with Gasteiger partial charge in [0.15, 0.2) is 11.4 Å². The minimum atomic E-state index is -1.11. The second-order valence-electron chi connectivity index (χ2n) is 4.85.